The van der Waals surface area contributed by atoms with Crippen LogP contribution in [0.2, 0.25) is 0 Å². The number of halogens is 1. The summed E-state index contributed by atoms with van der Waals surface area (Å²) in [6, 6.07) is 7.87. The van der Waals surface area contributed by atoms with Crippen LogP contribution in [-0.4, -0.2) is 32.6 Å². The number of hydrogen-bond donors (Lipinski definition) is 1. The summed E-state index contributed by atoms with van der Waals surface area (Å²) in [7, 11) is 0. The SMILES string of the molecule is Cc1ccc2c(c1F)c1c(n2CC(C)(O)c2ccncc2)CCN2CCCC12. The second kappa shape index (κ2) is 6.39. The lowest BCUT2D eigenvalue weighted by atomic mass is 9.94. The normalized spacial score (nSPS) is 21.5. The van der Waals surface area contributed by atoms with E-state index < -0.39 is 5.60 Å². The van der Waals surface area contributed by atoms with Crippen LogP contribution in [-0.2, 0) is 18.6 Å². The Bertz CT molecular complexity index is 1040. The second-order valence-electron chi connectivity index (χ2n) is 8.49. The van der Waals surface area contributed by atoms with Crippen molar-refractivity contribution in [1.29, 1.82) is 0 Å². The molecule has 1 fully saturated rings. The summed E-state index contributed by atoms with van der Waals surface area (Å²) in [5.74, 6) is -0.107. The Balaban J connectivity index is 1.71. The van der Waals surface area contributed by atoms with Gasteiger partial charge in [0.05, 0.1) is 12.1 Å². The summed E-state index contributed by atoms with van der Waals surface area (Å²) in [4.78, 5) is 6.56. The van der Waals surface area contributed by atoms with Gasteiger partial charge in [-0.2, -0.15) is 0 Å². The first-order valence-electron chi connectivity index (χ1n) is 10.1. The minimum Gasteiger partial charge on any atom is -0.384 e. The van der Waals surface area contributed by atoms with E-state index in [0.717, 1.165) is 48.0 Å². The van der Waals surface area contributed by atoms with Crippen LogP contribution >= 0.6 is 0 Å². The van der Waals surface area contributed by atoms with Gasteiger partial charge in [-0.25, -0.2) is 4.39 Å². The molecule has 1 saturated heterocycles. The lowest BCUT2D eigenvalue weighted by molar-refractivity contribution is 0.0382. The number of pyridine rings is 1. The Kier molecular flexibility index (Phi) is 4.07. The predicted molar refractivity (Wildman–Crippen MR) is 108 cm³/mol. The molecule has 2 unspecified atom stereocenters. The molecule has 1 N–H and O–H groups in total. The van der Waals surface area contributed by atoms with Gasteiger partial charge in [-0.1, -0.05) is 6.07 Å². The van der Waals surface area contributed by atoms with Crippen molar-refractivity contribution in [3.8, 4) is 0 Å². The topological polar surface area (TPSA) is 41.3 Å². The molecule has 4 nitrogen and oxygen atoms in total. The molecule has 146 valence electrons. The first kappa shape index (κ1) is 17.8. The predicted octanol–water partition coefficient (Wildman–Crippen LogP) is 4.08. The van der Waals surface area contributed by atoms with Gasteiger partial charge in [-0.3, -0.25) is 9.88 Å². The number of aliphatic hydroxyl groups is 1. The number of benzene rings is 1. The molecule has 5 rings (SSSR count). The maximum atomic E-state index is 15.3. The third-order valence-electron chi connectivity index (χ3n) is 6.61. The first-order chi connectivity index (χ1) is 13.5. The van der Waals surface area contributed by atoms with E-state index in [4.69, 9.17) is 0 Å². The molecular formula is C23H26FN3O. The van der Waals surface area contributed by atoms with Gasteiger partial charge in [-0.05, 0) is 62.6 Å². The molecule has 5 heteroatoms. The van der Waals surface area contributed by atoms with Crippen LogP contribution in [0.1, 0.15) is 48.2 Å². The van der Waals surface area contributed by atoms with E-state index in [1.807, 2.05) is 38.1 Å². The molecule has 2 aromatic heterocycles. The minimum absolute atomic E-state index is 0.107. The summed E-state index contributed by atoms with van der Waals surface area (Å²) in [6.45, 7) is 6.17. The Morgan fingerprint density at radius 3 is 2.79 bits per heavy atom. The highest BCUT2D eigenvalue weighted by Crippen LogP contribution is 2.44. The van der Waals surface area contributed by atoms with Crippen molar-refractivity contribution in [2.75, 3.05) is 13.1 Å². The largest absolute Gasteiger partial charge is 0.384 e. The minimum atomic E-state index is -1.06. The molecule has 0 aliphatic carbocycles. The average molecular weight is 379 g/mol. The highest BCUT2D eigenvalue weighted by atomic mass is 19.1. The van der Waals surface area contributed by atoms with Gasteiger partial charge in [0.15, 0.2) is 0 Å². The number of rotatable bonds is 3. The number of nitrogens with zero attached hydrogens (tertiary/aromatic N) is 3. The summed E-state index contributed by atoms with van der Waals surface area (Å²) in [5, 5.41) is 12.0. The van der Waals surface area contributed by atoms with Crippen molar-refractivity contribution < 1.29 is 9.50 Å². The maximum Gasteiger partial charge on any atom is 0.135 e. The van der Waals surface area contributed by atoms with Crippen molar-refractivity contribution in [1.82, 2.24) is 14.5 Å². The van der Waals surface area contributed by atoms with Gasteiger partial charge >= 0.3 is 0 Å². The van der Waals surface area contributed by atoms with Crippen molar-refractivity contribution in [3.05, 3.63) is 64.9 Å². The average Bonchev–Trinajstić information content (AvgIpc) is 3.28. The van der Waals surface area contributed by atoms with Crippen molar-refractivity contribution in [2.24, 2.45) is 0 Å². The number of fused-ring (bicyclic) bond motifs is 5. The third kappa shape index (κ3) is 2.60. The summed E-state index contributed by atoms with van der Waals surface area (Å²) < 4.78 is 17.5. The van der Waals surface area contributed by atoms with E-state index in [9.17, 15) is 5.11 Å². The van der Waals surface area contributed by atoms with Crippen LogP contribution in [0.15, 0.2) is 36.7 Å². The van der Waals surface area contributed by atoms with Gasteiger partial charge in [0.1, 0.15) is 11.4 Å². The maximum absolute atomic E-state index is 15.3. The lowest BCUT2D eigenvalue weighted by Gasteiger charge is -2.32. The van der Waals surface area contributed by atoms with Crippen LogP contribution in [0.3, 0.4) is 0 Å². The van der Waals surface area contributed by atoms with Crippen molar-refractivity contribution >= 4 is 10.9 Å². The summed E-state index contributed by atoms with van der Waals surface area (Å²) in [6.07, 6.45) is 6.55. The first-order valence-corrected chi connectivity index (χ1v) is 10.1. The fourth-order valence-corrected chi connectivity index (χ4v) is 5.18. The highest BCUT2D eigenvalue weighted by Gasteiger charge is 2.37. The van der Waals surface area contributed by atoms with E-state index in [0.29, 0.717) is 18.2 Å². The van der Waals surface area contributed by atoms with Crippen LogP contribution in [0.5, 0.6) is 0 Å². The summed E-state index contributed by atoms with van der Waals surface area (Å²) >= 11 is 0. The van der Waals surface area contributed by atoms with E-state index >= 15 is 4.39 Å². The molecule has 2 aliphatic rings. The molecule has 4 heterocycles. The van der Waals surface area contributed by atoms with E-state index in [1.165, 1.54) is 12.1 Å². The Labute approximate surface area is 164 Å². The van der Waals surface area contributed by atoms with E-state index in [-0.39, 0.29) is 5.82 Å². The monoisotopic (exact) mass is 379 g/mol. The second-order valence-corrected chi connectivity index (χ2v) is 8.49. The fraction of sp³-hybridized carbons (Fsp3) is 0.435. The Morgan fingerprint density at radius 1 is 1.21 bits per heavy atom. The van der Waals surface area contributed by atoms with Crippen LogP contribution < -0.4 is 0 Å². The zero-order valence-corrected chi connectivity index (χ0v) is 16.5. The molecule has 2 aliphatic heterocycles. The highest BCUT2D eigenvalue weighted by molar-refractivity contribution is 5.88. The van der Waals surface area contributed by atoms with Crippen LogP contribution in [0.4, 0.5) is 4.39 Å². The number of aromatic nitrogens is 2. The zero-order chi connectivity index (χ0) is 19.5. The van der Waals surface area contributed by atoms with E-state index in [1.54, 1.807) is 12.4 Å². The third-order valence-corrected chi connectivity index (χ3v) is 6.61. The molecule has 28 heavy (non-hydrogen) atoms. The Hall–Kier alpha value is -2.24. The van der Waals surface area contributed by atoms with Crippen LogP contribution in [0.25, 0.3) is 10.9 Å². The fourth-order valence-electron chi connectivity index (χ4n) is 5.18. The number of hydrogen-bond acceptors (Lipinski definition) is 3. The molecular weight excluding hydrogens is 353 g/mol. The molecule has 0 bridgehead atoms. The molecule has 0 saturated carbocycles. The molecule has 0 spiro atoms. The van der Waals surface area contributed by atoms with Gasteiger partial charge in [0, 0.05) is 48.0 Å². The van der Waals surface area contributed by atoms with Crippen molar-refractivity contribution in [3.63, 3.8) is 0 Å². The standard InChI is InChI=1S/C23H26FN3O/c1-15-5-6-18-21(22(15)24)20-17-4-3-12-26(17)13-9-19(20)27(18)14-23(2,28)16-7-10-25-11-8-16/h5-8,10-11,17,28H,3-4,9,12-14H2,1-2H3. The molecule has 0 amide bonds. The summed E-state index contributed by atoms with van der Waals surface area (Å²) in [5.41, 5.74) is 3.70. The smallest absolute Gasteiger partial charge is 0.135 e. The van der Waals surface area contributed by atoms with Gasteiger partial charge in [-0.15, -0.1) is 0 Å². The molecule has 1 aromatic carbocycles. The van der Waals surface area contributed by atoms with Crippen molar-refractivity contribution in [2.45, 2.75) is 51.3 Å². The molecule has 2 atom stereocenters. The molecule has 0 radical (unpaired) electrons. The van der Waals surface area contributed by atoms with Gasteiger partial charge in [0.2, 0.25) is 0 Å². The number of aryl methyl sites for hydroxylation is 1. The zero-order valence-electron chi connectivity index (χ0n) is 16.5. The Morgan fingerprint density at radius 2 is 2.00 bits per heavy atom. The van der Waals surface area contributed by atoms with Crippen LogP contribution in [0, 0.1) is 12.7 Å². The van der Waals surface area contributed by atoms with Gasteiger partial charge in [0.25, 0.3) is 0 Å². The molecule has 3 aromatic rings. The quantitative estimate of drug-likeness (QED) is 0.745. The lowest BCUT2D eigenvalue weighted by Crippen LogP contribution is -2.33. The van der Waals surface area contributed by atoms with Gasteiger partial charge < -0.3 is 9.67 Å². The van der Waals surface area contributed by atoms with E-state index in [2.05, 4.69) is 14.5 Å².